The van der Waals surface area contributed by atoms with Gasteiger partial charge in [0.25, 0.3) is 0 Å². The van der Waals surface area contributed by atoms with Gasteiger partial charge in [-0.05, 0) is 42.3 Å². The van der Waals surface area contributed by atoms with Crippen molar-refractivity contribution < 1.29 is 19.3 Å². The number of rotatable bonds is 4. The van der Waals surface area contributed by atoms with E-state index in [0.717, 1.165) is 28.2 Å². The van der Waals surface area contributed by atoms with Crippen LogP contribution in [0.3, 0.4) is 0 Å². The minimum atomic E-state index is -0.149. The van der Waals surface area contributed by atoms with E-state index in [1.807, 2.05) is 37.3 Å². The van der Waals surface area contributed by atoms with Crippen LogP contribution in [-0.4, -0.2) is 19.3 Å². The molecule has 0 fully saturated rings. The highest BCUT2D eigenvalue weighted by atomic mass is 16.5. The highest BCUT2D eigenvalue weighted by molar-refractivity contribution is 5.62. The maximum Gasteiger partial charge on any atom is 0.165 e. The summed E-state index contributed by atoms with van der Waals surface area (Å²) in [5, 5.41) is 9.80. The lowest BCUT2D eigenvalue weighted by molar-refractivity contribution is 0.207. The van der Waals surface area contributed by atoms with Gasteiger partial charge in [0, 0.05) is 11.5 Å². The summed E-state index contributed by atoms with van der Waals surface area (Å²) in [6.45, 7) is 4.12. The Morgan fingerprint density at radius 1 is 1.08 bits per heavy atom. The average molecular weight is 326 g/mol. The molecule has 4 heteroatoms. The van der Waals surface area contributed by atoms with Crippen molar-refractivity contribution in [2.24, 2.45) is 0 Å². The van der Waals surface area contributed by atoms with Crippen LogP contribution in [0.25, 0.3) is 6.08 Å². The molecule has 0 saturated carbocycles. The monoisotopic (exact) mass is 326 g/mol. The second kappa shape index (κ2) is 6.48. The number of methoxy groups -OCH3 is 2. The molecule has 24 heavy (non-hydrogen) atoms. The molecule has 2 atom stereocenters. The Labute approximate surface area is 142 Å². The number of phenolic OH excluding ortho intramolecular Hbond substituents is 1. The standard InChI is InChI=1S/C20H22O4/c1-5-6-13-9-15-12(2)19(24-20(15)18(10-13)23-4)14-7-8-16(21)17(11-14)22-3/h5-12,19,21H,1-4H3/b6-5+/t12-,19-/m1/s1. The molecule has 2 aromatic carbocycles. The van der Waals surface area contributed by atoms with Crippen LogP contribution in [0.4, 0.5) is 0 Å². The summed E-state index contributed by atoms with van der Waals surface area (Å²) in [6.07, 6.45) is 3.90. The van der Waals surface area contributed by atoms with E-state index in [-0.39, 0.29) is 17.8 Å². The fourth-order valence-electron chi connectivity index (χ4n) is 3.17. The molecule has 0 radical (unpaired) electrons. The van der Waals surface area contributed by atoms with E-state index in [1.165, 1.54) is 0 Å². The Bertz CT molecular complexity index is 779. The van der Waals surface area contributed by atoms with Gasteiger partial charge in [-0.3, -0.25) is 0 Å². The lowest BCUT2D eigenvalue weighted by Crippen LogP contribution is -2.07. The summed E-state index contributed by atoms with van der Waals surface area (Å²) in [4.78, 5) is 0. The summed E-state index contributed by atoms with van der Waals surface area (Å²) >= 11 is 0. The molecule has 2 aromatic rings. The zero-order valence-electron chi connectivity index (χ0n) is 14.4. The third kappa shape index (κ3) is 2.68. The zero-order chi connectivity index (χ0) is 17.3. The summed E-state index contributed by atoms with van der Waals surface area (Å²) in [5.41, 5.74) is 3.18. The lowest BCUT2D eigenvalue weighted by atomic mass is 9.91. The number of phenols is 1. The Morgan fingerprint density at radius 2 is 1.83 bits per heavy atom. The van der Waals surface area contributed by atoms with Gasteiger partial charge in [0.05, 0.1) is 14.2 Å². The molecule has 1 aliphatic rings. The molecule has 0 aromatic heterocycles. The van der Waals surface area contributed by atoms with Crippen LogP contribution >= 0.6 is 0 Å². The average Bonchev–Trinajstić information content (AvgIpc) is 2.92. The van der Waals surface area contributed by atoms with Crippen molar-refractivity contribution in [1.82, 2.24) is 0 Å². The molecule has 0 saturated heterocycles. The van der Waals surface area contributed by atoms with Gasteiger partial charge in [-0.15, -0.1) is 0 Å². The van der Waals surface area contributed by atoms with Gasteiger partial charge in [0.15, 0.2) is 23.0 Å². The molecule has 0 aliphatic carbocycles. The molecule has 1 heterocycles. The van der Waals surface area contributed by atoms with Crippen molar-refractivity contribution in [1.29, 1.82) is 0 Å². The molecule has 126 valence electrons. The number of allylic oxidation sites excluding steroid dienone is 1. The van der Waals surface area contributed by atoms with Gasteiger partial charge in [-0.2, -0.15) is 0 Å². The molecular formula is C20H22O4. The van der Waals surface area contributed by atoms with Crippen LogP contribution in [0, 0.1) is 0 Å². The van der Waals surface area contributed by atoms with E-state index in [0.29, 0.717) is 5.75 Å². The molecule has 0 bridgehead atoms. The van der Waals surface area contributed by atoms with E-state index in [9.17, 15) is 5.11 Å². The first-order valence-corrected chi connectivity index (χ1v) is 7.97. The van der Waals surface area contributed by atoms with Crippen LogP contribution in [0.1, 0.15) is 42.6 Å². The smallest absolute Gasteiger partial charge is 0.165 e. The molecule has 0 unspecified atom stereocenters. The topological polar surface area (TPSA) is 47.9 Å². The van der Waals surface area contributed by atoms with Gasteiger partial charge in [-0.1, -0.05) is 25.1 Å². The first-order chi connectivity index (χ1) is 11.6. The van der Waals surface area contributed by atoms with Crippen LogP contribution in [0.2, 0.25) is 0 Å². The summed E-state index contributed by atoms with van der Waals surface area (Å²) in [5.74, 6) is 2.25. The first-order valence-electron chi connectivity index (χ1n) is 7.97. The highest BCUT2D eigenvalue weighted by Gasteiger charge is 2.35. The molecular weight excluding hydrogens is 304 g/mol. The van der Waals surface area contributed by atoms with Crippen molar-refractivity contribution in [3.05, 3.63) is 53.1 Å². The van der Waals surface area contributed by atoms with Crippen molar-refractivity contribution in [3.8, 4) is 23.0 Å². The molecule has 3 rings (SSSR count). The highest BCUT2D eigenvalue weighted by Crippen LogP contribution is 2.51. The lowest BCUT2D eigenvalue weighted by Gasteiger charge is -2.17. The maximum absolute atomic E-state index is 9.80. The van der Waals surface area contributed by atoms with E-state index in [4.69, 9.17) is 14.2 Å². The molecule has 0 amide bonds. The van der Waals surface area contributed by atoms with Gasteiger partial charge in [-0.25, -0.2) is 0 Å². The Hall–Kier alpha value is -2.62. The molecule has 1 aliphatic heterocycles. The first kappa shape index (κ1) is 16.2. The van der Waals surface area contributed by atoms with Gasteiger partial charge in [0.2, 0.25) is 0 Å². The molecule has 4 nitrogen and oxygen atoms in total. The Kier molecular flexibility index (Phi) is 4.38. The van der Waals surface area contributed by atoms with E-state index in [1.54, 1.807) is 20.3 Å². The van der Waals surface area contributed by atoms with Crippen LogP contribution < -0.4 is 14.2 Å². The maximum atomic E-state index is 9.80. The van der Waals surface area contributed by atoms with E-state index < -0.39 is 0 Å². The number of ether oxygens (including phenoxy) is 3. The molecule has 0 spiro atoms. The third-order valence-corrected chi connectivity index (χ3v) is 4.41. The number of hydrogen-bond acceptors (Lipinski definition) is 4. The minimum absolute atomic E-state index is 0.123. The van der Waals surface area contributed by atoms with Crippen LogP contribution in [0.5, 0.6) is 23.0 Å². The normalized spacial score (nSPS) is 19.2. The minimum Gasteiger partial charge on any atom is -0.504 e. The van der Waals surface area contributed by atoms with Crippen LogP contribution in [-0.2, 0) is 0 Å². The van der Waals surface area contributed by atoms with Crippen molar-refractivity contribution in [2.45, 2.75) is 25.9 Å². The number of hydrogen-bond donors (Lipinski definition) is 1. The van der Waals surface area contributed by atoms with Gasteiger partial charge >= 0.3 is 0 Å². The Morgan fingerprint density at radius 3 is 2.50 bits per heavy atom. The summed E-state index contributed by atoms with van der Waals surface area (Å²) in [6, 6.07) is 9.44. The number of fused-ring (bicyclic) bond motifs is 1. The van der Waals surface area contributed by atoms with Gasteiger partial charge < -0.3 is 19.3 Å². The third-order valence-electron chi connectivity index (χ3n) is 4.41. The predicted molar refractivity (Wildman–Crippen MR) is 94.1 cm³/mol. The van der Waals surface area contributed by atoms with E-state index >= 15 is 0 Å². The zero-order valence-corrected chi connectivity index (χ0v) is 14.4. The quantitative estimate of drug-likeness (QED) is 0.886. The van der Waals surface area contributed by atoms with Gasteiger partial charge in [0.1, 0.15) is 6.10 Å². The Balaban J connectivity index is 2.03. The summed E-state index contributed by atoms with van der Waals surface area (Å²) < 4.78 is 16.9. The summed E-state index contributed by atoms with van der Waals surface area (Å²) in [7, 11) is 3.19. The van der Waals surface area contributed by atoms with Crippen molar-refractivity contribution >= 4 is 6.08 Å². The fraction of sp³-hybridized carbons (Fsp3) is 0.300. The second-order valence-electron chi connectivity index (χ2n) is 5.90. The van der Waals surface area contributed by atoms with Crippen molar-refractivity contribution in [3.63, 3.8) is 0 Å². The fourth-order valence-corrected chi connectivity index (χ4v) is 3.17. The SMILES string of the molecule is C/C=C/c1cc(OC)c2c(c1)[C@@H](C)[C@H](c1ccc(O)c(OC)c1)O2. The van der Waals surface area contributed by atoms with E-state index in [2.05, 4.69) is 13.0 Å². The van der Waals surface area contributed by atoms with Crippen LogP contribution in [0.15, 0.2) is 36.4 Å². The molecule has 1 N–H and O–H groups in total. The predicted octanol–water partition coefficient (Wildman–Crippen LogP) is 4.68. The second-order valence-corrected chi connectivity index (χ2v) is 5.90. The number of benzene rings is 2. The largest absolute Gasteiger partial charge is 0.504 e. The number of aromatic hydroxyl groups is 1. The van der Waals surface area contributed by atoms with Crippen molar-refractivity contribution in [2.75, 3.05) is 14.2 Å².